The van der Waals surface area contributed by atoms with Crippen LogP contribution in [0.15, 0.2) is 44.7 Å². The SMILES string of the molecule is Cc1cc(Sc2ccc(Br)cc2)nc(N)n1. The van der Waals surface area contributed by atoms with Gasteiger partial charge in [0, 0.05) is 15.1 Å². The molecule has 0 atom stereocenters. The molecule has 0 aliphatic heterocycles. The van der Waals surface area contributed by atoms with Crippen molar-refractivity contribution in [2.45, 2.75) is 16.8 Å². The molecule has 0 spiro atoms. The van der Waals surface area contributed by atoms with Crippen molar-refractivity contribution in [3.05, 3.63) is 40.5 Å². The number of aromatic nitrogens is 2. The monoisotopic (exact) mass is 295 g/mol. The first kappa shape index (κ1) is 11.4. The molecule has 1 aromatic heterocycles. The van der Waals surface area contributed by atoms with Gasteiger partial charge in [-0.2, -0.15) is 0 Å². The molecule has 0 saturated carbocycles. The molecule has 0 aliphatic carbocycles. The summed E-state index contributed by atoms with van der Waals surface area (Å²) in [5, 5.41) is 0.868. The van der Waals surface area contributed by atoms with Crippen molar-refractivity contribution in [3.63, 3.8) is 0 Å². The molecular weight excluding hydrogens is 286 g/mol. The molecule has 0 radical (unpaired) electrons. The fourth-order valence-electron chi connectivity index (χ4n) is 1.24. The summed E-state index contributed by atoms with van der Waals surface area (Å²) < 4.78 is 1.07. The molecule has 3 nitrogen and oxygen atoms in total. The predicted octanol–water partition coefficient (Wildman–Crippen LogP) is 3.28. The maximum absolute atomic E-state index is 5.59. The Morgan fingerprint density at radius 1 is 1.19 bits per heavy atom. The van der Waals surface area contributed by atoms with E-state index in [0.717, 1.165) is 20.1 Å². The van der Waals surface area contributed by atoms with E-state index in [1.54, 1.807) is 11.8 Å². The van der Waals surface area contributed by atoms with E-state index in [9.17, 15) is 0 Å². The largest absolute Gasteiger partial charge is 0.368 e. The zero-order chi connectivity index (χ0) is 11.5. The molecule has 0 amide bonds. The average molecular weight is 296 g/mol. The molecule has 0 bridgehead atoms. The Morgan fingerprint density at radius 3 is 2.50 bits per heavy atom. The summed E-state index contributed by atoms with van der Waals surface area (Å²) in [4.78, 5) is 9.33. The van der Waals surface area contributed by atoms with Crippen LogP contribution in [0.5, 0.6) is 0 Å². The third kappa shape index (κ3) is 2.96. The normalized spacial score (nSPS) is 10.4. The van der Waals surface area contributed by atoms with Gasteiger partial charge < -0.3 is 5.73 Å². The van der Waals surface area contributed by atoms with Gasteiger partial charge in [-0.25, -0.2) is 9.97 Å². The van der Waals surface area contributed by atoms with Gasteiger partial charge in [0.2, 0.25) is 5.95 Å². The molecule has 5 heteroatoms. The number of nitrogen functional groups attached to an aromatic ring is 1. The maximum Gasteiger partial charge on any atom is 0.221 e. The number of rotatable bonds is 2. The van der Waals surface area contributed by atoms with Crippen LogP contribution in [-0.4, -0.2) is 9.97 Å². The minimum absolute atomic E-state index is 0.319. The Labute approximate surface area is 107 Å². The Balaban J connectivity index is 2.23. The number of halogens is 1. The van der Waals surface area contributed by atoms with Crippen LogP contribution in [0.3, 0.4) is 0 Å². The maximum atomic E-state index is 5.59. The molecule has 16 heavy (non-hydrogen) atoms. The Hall–Kier alpha value is -1.07. The zero-order valence-corrected chi connectivity index (χ0v) is 11.0. The van der Waals surface area contributed by atoms with Crippen molar-refractivity contribution >= 4 is 33.6 Å². The third-order valence-corrected chi connectivity index (χ3v) is 3.34. The highest BCUT2D eigenvalue weighted by Crippen LogP contribution is 2.27. The van der Waals surface area contributed by atoms with E-state index in [4.69, 9.17) is 5.73 Å². The lowest BCUT2D eigenvalue weighted by atomic mass is 10.4. The van der Waals surface area contributed by atoms with Crippen molar-refractivity contribution < 1.29 is 0 Å². The Bertz CT molecular complexity index is 479. The van der Waals surface area contributed by atoms with Gasteiger partial charge in [-0.05, 0) is 37.3 Å². The number of nitrogens with two attached hydrogens (primary N) is 1. The predicted molar refractivity (Wildman–Crippen MR) is 69.4 cm³/mol. The van der Waals surface area contributed by atoms with Gasteiger partial charge in [-0.3, -0.25) is 0 Å². The van der Waals surface area contributed by atoms with Crippen LogP contribution >= 0.6 is 27.7 Å². The molecule has 0 fully saturated rings. The summed E-state index contributed by atoms with van der Waals surface area (Å²) >= 11 is 4.97. The van der Waals surface area contributed by atoms with E-state index >= 15 is 0 Å². The molecule has 0 aliphatic rings. The van der Waals surface area contributed by atoms with E-state index in [1.165, 1.54) is 0 Å². The van der Waals surface area contributed by atoms with E-state index in [-0.39, 0.29) is 0 Å². The number of hydrogen-bond donors (Lipinski definition) is 1. The lowest BCUT2D eigenvalue weighted by Crippen LogP contribution is -1.97. The van der Waals surface area contributed by atoms with Crippen LogP contribution in [0.2, 0.25) is 0 Å². The molecule has 1 heterocycles. The van der Waals surface area contributed by atoms with Gasteiger partial charge >= 0.3 is 0 Å². The Morgan fingerprint density at radius 2 is 1.88 bits per heavy atom. The highest BCUT2D eigenvalue weighted by atomic mass is 79.9. The number of nitrogens with zero attached hydrogens (tertiary/aromatic N) is 2. The van der Waals surface area contributed by atoms with Crippen molar-refractivity contribution in [1.29, 1.82) is 0 Å². The second kappa shape index (κ2) is 4.84. The van der Waals surface area contributed by atoms with Crippen LogP contribution in [0.1, 0.15) is 5.69 Å². The minimum atomic E-state index is 0.319. The molecule has 0 saturated heterocycles. The van der Waals surface area contributed by atoms with Gasteiger partial charge in [0.1, 0.15) is 5.03 Å². The summed E-state index contributed by atoms with van der Waals surface area (Å²) in [6, 6.07) is 9.98. The average Bonchev–Trinajstić information content (AvgIpc) is 2.20. The molecular formula is C11H10BrN3S. The second-order valence-corrected chi connectivity index (χ2v) is 5.27. The van der Waals surface area contributed by atoms with Gasteiger partial charge in [0.25, 0.3) is 0 Å². The molecule has 1 aromatic carbocycles. The summed E-state index contributed by atoms with van der Waals surface area (Å²) in [6.45, 7) is 1.91. The number of aryl methyl sites for hydroxylation is 1. The first-order chi connectivity index (χ1) is 7.63. The second-order valence-electron chi connectivity index (χ2n) is 3.26. The summed E-state index contributed by atoms with van der Waals surface area (Å²) in [7, 11) is 0. The molecule has 2 rings (SSSR count). The van der Waals surface area contributed by atoms with Crippen molar-refractivity contribution in [2.24, 2.45) is 0 Å². The topological polar surface area (TPSA) is 51.8 Å². The first-order valence-electron chi connectivity index (χ1n) is 4.68. The van der Waals surface area contributed by atoms with Gasteiger partial charge in [0.15, 0.2) is 0 Å². The fourth-order valence-corrected chi connectivity index (χ4v) is 2.38. The quantitative estimate of drug-likeness (QED) is 0.864. The minimum Gasteiger partial charge on any atom is -0.368 e. The van der Waals surface area contributed by atoms with Crippen LogP contribution in [0.25, 0.3) is 0 Å². The van der Waals surface area contributed by atoms with Crippen LogP contribution in [-0.2, 0) is 0 Å². The van der Waals surface area contributed by atoms with Gasteiger partial charge in [-0.1, -0.05) is 27.7 Å². The smallest absolute Gasteiger partial charge is 0.221 e. The summed E-state index contributed by atoms with van der Waals surface area (Å²) in [5.41, 5.74) is 6.48. The van der Waals surface area contributed by atoms with E-state index < -0.39 is 0 Å². The van der Waals surface area contributed by atoms with E-state index in [1.807, 2.05) is 37.3 Å². The highest BCUT2D eigenvalue weighted by Gasteiger charge is 2.01. The van der Waals surface area contributed by atoms with E-state index in [0.29, 0.717) is 5.95 Å². The number of benzene rings is 1. The third-order valence-electron chi connectivity index (χ3n) is 1.88. The van der Waals surface area contributed by atoms with Crippen LogP contribution in [0, 0.1) is 6.92 Å². The summed E-state index contributed by atoms with van der Waals surface area (Å²) in [6.07, 6.45) is 0. The lowest BCUT2D eigenvalue weighted by Gasteiger charge is -2.03. The van der Waals surface area contributed by atoms with Crippen LogP contribution in [0.4, 0.5) is 5.95 Å². The molecule has 0 unspecified atom stereocenters. The van der Waals surface area contributed by atoms with Crippen molar-refractivity contribution in [1.82, 2.24) is 9.97 Å². The number of anilines is 1. The zero-order valence-electron chi connectivity index (χ0n) is 8.64. The molecule has 82 valence electrons. The molecule has 2 aromatic rings. The summed E-state index contributed by atoms with van der Waals surface area (Å²) in [5.74, 6) is 0.319. The lowest BCUT2D eigenvalue weighted by molar-refractivity contribution is 1.02. The Kier molecular flexibility index (Phi) is 3.46. The fraction of sp³-hybridized carbons (Fsp3) is 0.0909. The highest BCUT2D eigenvalue weighted by molar-refractivity contribution is 9.10. The number of hydrogen-bond acceptors (Lipinski definition) is 4. The van der Waals surface area contributed by atoms with Crippen LogP contribution < -0.4 is 5.73 Å². The van der Waals surface area contributed by atoms with E-state index in [2.05, 4.69) is 25.9 Å². The standard InChI is InChI=1S/C11H10BrN3S/c1-7-6-10(15-11(13)14-7)16-9-4-2-8(12)3-5-9/h2-6H,1H3,(H2,13,14,15). The van der Waals surface area contributed by atoms with Crippen molar-refractivity contribution in [3.8, 4) is 0 Å². The van der Waals surface area contributed by atoms with Gasteiger partial charge in [-0.15, -0.1) is 0 Å². The van der Waals surface area contributed by atoms with Crippen molar-refractivity contribution in [2.75, 3.05) is 5.73 Å². The first-order valence-corrected chi connectivity index (χ1v) is 6.29. The molecule has 2 N–H and O–H groups in total. The van der Waals surface area contributed by atoms with Gasteiger partial charge in [0.05, 0.1) is 0 Å².